The zero-order valence-corrected chi connectivity index (χ0v) is 9.09. The first-order valence-corrected chi connectivity index (χ1v) is 5.27. The molecule has 80 valence electrons. The molecule has 0 radical (unpaired) electrons. The zero-order chi connectivity index (χ0) is 10.8. The Kier molecular flexibility index (Phi) is 2.73. The monoisotopic (exact) mass is 204 g/mol. The van der Waals surface area contributed by atoms with Crippen molar-refractivity contribution in [1.29, 1.82) is 0 Å². The van der Waals surface area contributed by atoms with E-state index in [0.29, 0.717) is 5.92 Å². The largest absolute Gasteiger partial charge is 0.396 e. The molecule has 3 nitrogen and oxygen atoms in total. The number of nitrogens with zero attached hydrogens (tertiary/aromatic N) is 2. The van der Waals surface area contributed by atoms with Gasteiger partial charge in [0.1, 0.15) is 5.82 Å². The SMILES string of the molecule is CC(C)C(CO)c1ncc2ccccn12. The van der Waals surface area contributed by atoms with Crippen LogP contribution in [0, 0.1) is 5.92 Å². The third-order valence-electron chi connectivity index (χ3n) is 2.80. The molecule has 0 spiro atoms. The highest BCUT2D eigenvalue weighted by atomic mass is 16.3. The molecule has 0 saturated heterocycles. The molecule has 0 saturated carbocycles. The van der Waals surface area contributed by atoms with Gasteiger partial charge in [-0.3, -0.25) is 0 Å². The van der Waals surface area contributed by atoms with Gasteiger partial charge >= 0.3 is 0 Å². The lowest BCUT2D eigenvalue weighted by molar-refractivity contribution is 0.231. The molecule has 2 rings (SSSR count). The van der Waals surface area contributed by atoms with Gasteiger partial charge in [-0.15, -0.1) is 0 Å². The molecule has 0 bridgehead atoms. The molecule has 0 aromatic carbocycles. The second kappa shape index (κ2) is 4.03. The summed E-state index contributed by atoms with van der Waals surface area (Å²) in [5.41, 5.74) is 1.08. The summed E-state index contributed by atoms with van der Waals surface area (Å²) in [6.45, 7) is 4.35. The Morgan fingerprint density at radius 1 is 1.40 bits per heavy atom. The second-order valence-electron chi connectivity index (χ2n) is 4.14. The number of pyridine rings is 1. The molecule has 15 heavy (non-hydrogen) atoms. The van der Waals surface area contributed by atoms with Gasteiger partial charge in [-0.05, 0) is 18.1 Å². The first-order chi connectivity index (χ1) is 7.24. The quantitative estimate of drug-likeness (QED) is 0.831. The predicted octanol–water partition coefficient (Wildman–Crippen LogP) is 2.07. The predicted molar refractivity (Wildman–Crippen MR) is 59.9 cm³/mol. The number of aliphatic hydroxyl groups excluding tert-OH is 1. The average molecular weight is 204 g/mol. The Bertz CT molecular complexity index is 448. The van der Waals surface area contributed by atoms with Gasteiger partial charge in [0.05, 0.1) is 18.3 Å². The van der Waals surface area contributed by atoms with E-state index in [1.165, 1.54) is 0 Å². The minimum absolute atomic E-state index is 0.106. The van der Waals surface area contributed by atoms with E-state index in [-0.39, 0.29) is 12.5 Å². The van der Waals surface area contributed by atoms with E-state index in [4.69, 9.17) is 0 Å². The highest BCUT2D eigenvalue weighted by molar-refractivity contribution is 5.45. The molecule has 3 heteroatoms. The summed E-state index contributed by atoms with van der Waals surface area (Å²) in [7, 11) is 0. The first-order valence-electron chi connectivity index (χ1n) is 5.27. The van der Waals surface area contributed by atoms with Crippen LogP contribution in [0.2, 0.25) is 0 Å². The van der Waals surface area contributed by atoms with Crippen LogP contribution in [0.3, 0.4) is 0 Å². The summed E-state index contributed by atoms with van der Waals surface area (Å²) in [6.07, 6.45) is 3.84. The molecule has 1 unspecified atom stereocenters. The van der Waals surface area contributed by atoms with Gasteiger partial charge in [0.25, 0.3) is 0 Å². The summed E-state index contributed by atoms with van der Waals surface area (Å²) in [6, 6.07) is 5.99. The van der Waals surface area contributed by atoms with Crippen molar-refractivity contribution in [3.8, 4) is 0 Å². The molecule has 2 heterocycles. The van der Waals surface area contributed by atoms with Gasteiger partial charge in [0.2, 0.25) is 0 Å². The fourth-order valence-electron chi connectivity index (χ4n) is 1.83. The Morgan fingerprint density at radius 2 is 2.20 bits per heavy atom. The van der Waals surface area contributed by atoms with Crippen LogP contribution in [0.5, 0.6) is 0 Å². The summed E-state index contributed by atoms with van der Waals surface area (Å²) < 4.78 is 2.04. The maximum atomic E-state index is 9.37. The van der Waals surface area contributed by atoms with Crippen LogP contribution in [0.1, 0.15) is 25.6 Å². The smallest absolute Gasteiger partial charge is 0.118 e. The van der Waals surface area contributed by atoms with Crippen LogP contribution in [-0.2, 0) is 0 Å². The Labute approximate surface area is 89.4 Å². The lowest BCUT2D eigenvalue weighted by Gasteiger charge is -2.16. The molecule has 2 aromatic heterocycles. The normalized spacial score (nSPS) is 13.6. The van der Waals surface area contributed by atoms with Crippen LogP contribution >= 0.6 is 0 Å². The minimum atomic E-state index is 0.106. The van der Waals surface area contributed by atoms with Crippen LogP contribution in [0.4, 0.5) is 0 Å². The summed E-state index contributed by atoms with van der Waals surface area (Å²) in [5.74, 6) is 1.44. The number of fused-ring (bicyclic) bond motifs is 1. The highest BCUT2D eigenvalue weighted by Crippen LogP contribution is 2.23. The van der Waals surface area contributed by atoms with Crippen LogP contribution in [-0.4, -0.2) is 21.1 Å². The van der Waals surface area contributed by atoms with Crippen molar-refractivity contribution in [3.05, 3.63) is 36.4 Å². The van der Waals surface area contributed by atoms with Crippen LogP contribution in [0.25, 0.3) is 5.52 Å². The van der Waals surface area contributed by atoms with Gasteiger partial charge in [0.15, 0.2) is 0 Å². The molecular formula is C12H16N2O. The number of hydrogen-bond acceptors (Lipinski definition) is 2. The maximum absolute atomic E-state index is 9.37. The van der Waals surface area contributed by atoms with Crippen molar-refractivity contribution < 1.29 is 5.11 Å². The molecule has 0 aliphatic carbocycles. The number of aromatic nitrogens is 2. The standard InChI is InChI=1S/C12H16N2O/c1-9(2)11(8-15)12-13-7-10-5-3-4-6-14(10)12/h3-7,9,11,15H,8H2,1-2H3. The van der Waals surface area contributed by atoms with Gasteiger partial charge in [0, 0.05) is 12.1 Å². The molecule has 2 aromatic rings. The van der Waals surface area contributed by atoms with E-state index < -0.39 is 0 Å². The summed E-state index contributed by atoms with van der Waals surface area (Å²) in [4.78, 5) is 4.39. The number of rotatable bonds is 3. The molecule has 1 N–H and O–H groups in total. The lowest BCUT2D eigenvalue weighted by Crippen LogP contribution is -2.14. The molecule has 0 amide bonds. The van der Waals surface area contributed by atoms with Crippen molar-refractivity contribution in [2.45, 2.75) is 19.8 Å². The molecule has 0 aliphatic heterocycles. The fourth-order valence-corrected chi connectivity index (χ4v) is 1.83. The van der Waals surface area contributed by atoms with E-state index in [2.05, 4.69) is 18.8 Å². The van der Waals surface area contributed by atoms with E-state index in [1.54, 1.807) is 0 Å². The second-order valence-corrected chi connectivity index (χ2v) is 4.14. The Morgan fingerprint density at radius 3 is 2.87 bits per heavy atom. The van der Waals surface area contributed by atoms with Gasteiger partial charge in [-0.25, -0.2) is 4.98 Å². The van der Waals surface area contributed by atoms with Crippen molar-refractivity contribution in [3.63, 3.8) is 0 Å². The molecule has 1 atom stereocenters. The summed E-state index contributed by atoms with van der Waals surface area (Å²) >= 11 is 0. The Balaban J connectivity index is 2.51. The van der Waals surface area contributed by atoms with Crippen molar-refractivity contribution >= 4 is 5.52 Å². The van der Waals surface area contributed by atoms with Crippen molar-refractivity contribution in [1.82, 2.24) is 9.38 Å². The molecule has 0 aliphatic rings. The highest BCUT2D eigenvalue weighted by Gasteiger charge is 2.19. The third-order valence-corrected chi connectivity index (χ3v) is 2.80. The van der Waals surface area contributed by atoms with Crippen LogP contribution < -0.4 is 0 Å². The average Bonchev–Trinajstić information content (AvgIpc) is 2.63. The molecular weight excluding hydrogens is 188 g/mol. The van der Waals surface area contributed by atoms with Crippen molar-refractivity contribution in [2.24, 2.45) is 5.92 Å². The van der Waals surface area contributed by atoms with Gasteiger partial charge < -0.3 is 9.51 Å². The van der Waals surface area contributed by atoms with Crippen LogP contribution in [0.15, 0.2) is 30.6 Å². The van der Waals surface area contributed by atoms with Crippen molar-refractivity contribution in [2.75, 3.05) is 6.61 Å². The number of hydrogen-bond donors (Lipinski definition) is 1. The fraction of sp³-hybridized carbons (Fsp3) is 0.417. The van der Waals surface area contributed by atoms with Gasteiger partial charge in [-0.1, -0.05) is 19.9 Å². The Hall–Kier alpha value is -1.35. The lowest BCUT2D eigenvalue weighted by atomic mass is 9.96. The summed E-state index contributed by atoms with van der Waals surface area (Å²) in [5, 5.41) is 9.37. The maximum Gasteiger partial charge on any atom is 0.118 e. The van der Waals surface area contributed by atoms with E-state index >= 15 is 0 Å². The van der Waals surface area contributed by atoms with E-state index in [1.807, 2.05) is 35.0 Å². The van der Waals surface area contributed by atoms with Gasteiger partial charge in [-0.2, -0.15) is 0 Å². The van der Waals surface area contributed by atoms with E-state index in [0.717, 1.165) is 11.3 Å². The molecule has 0 fully saturated rings. The minimum Gasteiger partial charge on any atom is -0.396 e. The number of imidazole rings is 1. The van der Waals surface area contributed by atoms with E-state index in [9.17, 15) is 5.11 Å². The first kappa shape index (κ1) is 10.2. The number of aliphatic hydroxyl groups is 1. The topological polar surface area (TPSA) is 37.5 Å². The third kappa shape index (κ3) is 1.75. The zero-order valence-electron chi connectivity index (χ0n) is 9.09.